The van der Waals surface area contributed by atoms with Crippen LogP contribution in [0.25, 0.3) is 37.7 Å². The lowest BCUT2D eigenvalue weighted by molar-refractivity contribution is -0.114. The lowest BCUT2D eigenvalue weighted by Crippen LogP contribution is -2.15. The van der Waals surface area contributed by atoms with Crippen molar-refractivity contribution in [3.63, 3.8) is 0 Å². The van der Waals surface area contributed by atoms with Crippen LogP contribution >= 0.6 is 11.3 Å². The summed E-state index contributed by atoms with van der Waals surface area (Å²) in [6.07, 6.45) is 0. The van der Waals surface area contributed by atoms with Crippen molar-refractivity contribution in [3.05, 3.63) is 95.6 Å². The Morgan fingerprint density at radius 2 is 1.60 bits per heavy atom. The Balaban J connectivity index is 1.16. The number of imidazole rings is 1. The highest BCUT2D eigenvalue weighted by molar-refractivity contribution is 7.86. The van der Waals surface area contributed by atoms with Crippen molar-refractivity contribution in [3.8, 4) is 17.4 Å². The predicted octanol–water partition coefficient (Wildman–Crippen LogP) is 9.23. The van der Waals surface area contributed by atoms with Crippen molar-refractivity contribution < 1.29 is 47.4 Å². The number of amides is 2. The van der Waals surface area contributed by atoms with Gasteiger partial charge in [-0.1, -0.05) is 23.5 Å². The number of hydrogen-bond acceptors (Lipinski definition) is 17. The van der Waals surface area contributed by atoms with Crippen LogP contribution in [0.1, 0.15) is 33.2 Å². The molecular weight excluding hydrogens is 859 g/mol. The minimum absolute atomic E-state index is 0.00530. The van der Waals surface area contributed by atoms with Crippen LogP contribution in [0.3, 0.4) is 0 Å². The zero-order valence-corrected chi connectivity index (χ0v) is 34.3. The number of carbonyl (C=O) groups is 3. The molecule has 0 aliphatic rings. The second-order valence-electron chi connectivity index (χ2n) is 13.6. The number of nitrogens with two attached hydrogens (primary N) is 1. The molecule has 0 saturated carbocycles. The second-order valence-corrected chi connectivity index (χ2v) is 16.0. The topological polar surface area (TPSA) is 318 Å². The number of carboxylic acids is 1. The molecule has 23 heteroatoms. The number of methoxy groups -OCH3 is 1. The van der Waals surface area contributed by atoms with Crippen LogP contribution < -0.4 is 15.8 Å². The minimum Gasteiger partial charge on any atom is -0.505 e. The highest BCUT2D eigenvalue weighted by atomic mass is 32.2. The molecule has 2 amide bonds. The Morgan fingerprint density at radius 1 is 0.857 bits per heavy atom. The van der Waals surface area contributed by atoms with E-state index in [4.69, 9.17) is 10.5 Å². The van der Waals surface area contributed by atoms with Crippen LogP contribution in [0.4, 0.5) is 39.3 Å². The fourth-order valence-corrected chi connectivity index (χ4v) is 8.13. The number of anilines is 1. The molecule has 0 radical (unpaired) electrons. The summed E-state index contributed by atoms with van der Waals surface area (Å²) >= 11 is 1.09. The first-order valence-corrected chi connectivity index (χ1v) is 20.4. The standard InChI is InChI=1S/C40H29N11O10S2/c1-17-32(36(41)54)37-43-23-6-4-5-7-28(23)51(37)38(55)33(17)48-45-21-9-10-22-20(12-21)14-31(63(58,59)60)34(35(22)53)49-46-26-16-29(61-3)27(15-25(26)42-18(2)52)47-50-40-44-24-11-8-19(39(56)57)13-30(24)62-40/h4-16,53,55H,1-3H3,(H2,41,54)(H,42,52)(H,56,57)(H,58,59,60). The number of nitrogens with one attached hydrogen (secondary N) is 1. The molecule has 316 valence electrons. The number of phenolic OH excluding ortho intramolecular Hbond substituents is 1. The Kier molecular flexibility index (Phi) is 10.5. The molecule has 5 aromatic carbocycles. The first kappa shape index (κ1) is 41.5. The van der Waals surface area contributed by atoms with E-state index in [9.17, 15) is 42.7 Å². The van der Waals surface area contributed by atoms with Crippen LogP contribution in [-0.4, -0.2) is 67.6 Å². The molecule has 3 heterocycles. The van der Waals surface area contributed by atoms with E-state index in [1.807, 2.05) is 0 Å². The molecule has 0 bridgehead atoms. The normalized spacial score (nSPS) is 12.2. The quantitative estimate of drug-likeness (QED) is 0.0523. The Morgan fingerprint density at radius 3 is 2.32 bits per heavy atom. The van der Waals surface area contributed by atoms with Gasteiger partial charge >= 0.3 is 5.97 Å². The Hall–Kier alpha value is -8.28. The van der Waals surface area contributed by atoms with Gasteiger partial charge in [-0.3, -0.25) is 18.5 Å². The van der Waals surface area contributed by atoms with Crippen LogP contribution in [0.2, 0.25) is 0 Å². The third-order valence-corrected chi connectivity index (χ3v) is 11.3. The van der Waals surface area contributed by atoms with Gasteiger partial charge in [-0.25, -0.2) is 14.8 Å². The number of primary amides is 1. The molecule has 0 atom stereocenters. The van der Waals surface area contributed by atoms with Crippen LogP contribution in [0.5, 0.6) is 17.4 Å². The number of aromatic nitrogens is 3. The summed E-state index contributed by atoms with van der Waals surface area (Å²) in [6, 6.07) is 19.1. The first-order chi connectivity index (χ1) is 30.0. The van der Waals surface area contributed by atoms with Gasteiger partial charge in [-0.05, 0) is 78.5 Å². The molecule has 0 fully saturated rings. The summed E-state index contributed by atoms with van der Waals surface area (Å²) in [7, 11) is -3.77. The molecule has 0 aliphatic heterocycles. The third-order valence-electron chi connectivity index (χ3n) is 9.50. The molecule has 21 nitrogen and oxygen atoms in total. The van der Waals surface area contributed by atoms with E-state index in [2.05, 4.69) is 46.0 Å². The van der Waals surface area contributed by atoms with Gasteiger partial charge in [0.15, 0.2) is 11.4 Å². The maximum Gasteiger partial charge on any atom is 0.335 e. The van der Waals surface area contributed by atoms with Crippen LogP contribution in [-0.2, 0) is 14.9 Å². The van der Waals surface area contributed by atoms with Crippen LogP contribution in [0.15, 0.2) is 114 Å². The molecule has 8 aromatic rings. The van der Waals surface area contributed by atoms with Gasteiger partial charge < -0.3 is 31.1 Å². The summed E-state index contributed by atoms with van der Waals surface area (Å²) < 4.78 is 43.1. The van der Waals surface area contributed by atoms with E-state index in [0.717, 1.165) is 17.4 Å². The molecule has 63 heavy (non-hydrogen) atoms. The summed E-state index contributed by atoms with van der Waals surface area (Å²) in [5, 5.41) is 59.8. The summed E-state index contributed by atoms with van der Waals surface area (Å²) in [5.41, 5.74) is 6.95. The lowest BCUT2D eigenvalue weighted by Gasteiger charge is -2.12. The molecule has 3 aromatic heterocycles. The molecule has 8 rings (SSSR count). The van der Waals surface area contributed by atoms with Crippen molar-refractivity contribution in [1.82, 2.24) is 14.4 Å². The number of para-hydroxylation sites is 2. The van der Waals surface area contributed by atoms with Gasteiger partial charge in [0.25, 0.3) is 16.0 Å². The largest absolute Gasteiger partial charge is 0.505 e. The van der Waals surface area contributed by atoms with Gasteiger partial charge in [-0.2, -0.15) is 13.5 Å². The smallest absolute Gasteiger partial charge is 0.335 e. The lowest BCUT2D eigenvalue weighted by atomic mass is 10.1. The number of hydrogen-bond donors (Lipinski definition) is 6. The zero-order valence-electron chi connectivity index (χ0n) is 32.7. The van der Waals surface area contributed by atoms with Gasteiger partial charge in [0.1, 0.15) is 33.4 Å². The van der Waals surface area contributed by atoms with E-state index >= 15 is 0 Å². The van der Waals surface area contributed by atoms with Crippen molar-refractivity contribution in [2.24, 2.45) is 36.4 Å². The average Bonchev–Trinajstić information content (AvgIpc) is 3.83. The van der Waals surface area contributed by atoms with Gasteiger partial charge in [-0.15, -0.1) is 25.6 Å². The SMILES string of the molecule is COc1cc(N=Nc2c(S(=O)(=O)O)cc3cc(N=Nc4c(C)c(C(N)=O)c5nc6ccccc6n5c4O)ccc3c2O)c(NC(C)=O)cc1N=Nc1nc2ccc(C(=O)O)cc2s1. The number of rotatable bonds is 11. The second kappa shape index (κ2) is 16.0. The summed E-state index contributed by atoms with van der Waals surface area (Å²) in [5.74, 6) is -3.46. The number of aromatic hydroxyl groups is 2. The van der Waals surface area contributed by atoms with E-state index in [-0.39, 0.29) is 78.3 Å². The molecule has 0 aliphatic carbocycles. The summed E-state index contributed by atoms with van der Waals surface area (Å²) in [6.45, 7) is 2.74. The maximum absolute atomic E-state index is 12.7. The van der Waals surface area contributed by atoms with Crippen molar-refractivity contribution >= 4 is 116 Å². The van der Waals surface area contributed by atoms with Gasteiger partial charge in [0.2, 0.25) is 16.9 Å². The van der Waals surface area contributed by atoms with Gasteiger partial charge in [0.05, 0.1) is 50.9 Å². The monoisotopic (exact) mass is 887 g/mol. The number of pyridine rings is 1. The number of benzene rings is 5. The highest BCUT2D eigenvalue weighted by Crippen LogP contribution is 2.45. The maximum atomic E-state index is 12.7. The molecular formula is C40H29N11O10S2. The number of azo groups is 3. The number of thiazole rings is 1. The Bertz CT molecular complexity index is 3490. The van der Waals surface area contributed by atoms with E-state index in [1.165, 1.54) is 67.8 Å². The number of fused-ring (bicyclic) bond motifs is 5. The zero-order chi connectivity index (χ0) is 44.9. The predicted molar refractivity (Wildman–Crippen MR) is 229 cm³/mol. The van der Waals surface area contributed by atoms with E-state index in [0.29, 0.717) is 21.3 Å². The van der Waals surface area contributed by atoms with Crippen molar-refractivity contribution in [2.45, 2.75) is 18.7 Å². The number of phenols is 1. The number of aromatic carboxylic acids is 1. The van der Waals surface area contributed by atoms with Crippen molar-refractivity contribution in [2.75, 3.05) is 12.4 Å². The number of carbonyl (C=O) groups excluding carboxylic acids is 2. The van der Waals surface area contributed by atoms with Crippen molar-refractivity contribution in [1.29, 1.82) is 0 Å². The Labute approximate surface area is 357 Å². The van der Waals surface area contributed by atoms with E-state index < -0.39 is 44.2 Å². The average molecular weight is 888 g/mol. The molecule has 7 N–H and O–H groups in total. The number of ether oxygens (including phenoxy) is 1. The number of nitrogens with zero attached hydrogens (tertiary/aromatic N) is 9. The first-order valence-electron chi connectivity index (χ1n) is 18.1. The summed E-state index contributed by atoms with van der Waals surface area (Å²) in [4.78, 5) is 44.2. The molecule has 0 unspecified atom stereocenters. The van der Waals surface area contributed by atoms with E-state index in [1.54, 1.807) is 30.3 Å². The fourth-order valence-electron chi connectivity index (χ4n) is 6.65. The minimum atomic E-state index is -5.09. The third kappa shape index (κ3) is 7.80. The van der Waals surface area contributed by atoms with Gasteiger partial charge in [0, 0.05) is 18.4 Å². The fraction of sp³-hybridized carbons (Fsp3) is 0.0750. The number of carboxylic acid groups (broad SMARTS) is 1. The highest BCUT2D eigenvalue weighted by Gasteiger charge is 2.25. The molecule has 0 saturated heterocycles. The van der Waals surface area contributed by atoms with Crippen LogP contribution in [0, 0.1) is 6.92 Å². The molecule has 0 spiro atoms.